The van der Waals surface area contributed by atoms with Gasteiger partial charge in [-0.15, -0.1) is 0 Å². The molecule has 2 rings (SSSR count). The Labute approximate surface area is 84.4 Å². The van der Waals surface area contributed by atoms with Gasteiger partial charge in [-0.2, -0.15) is 0 Å². The van der Waals surface area contributed by atoms with Crippen molar-refractivity contribution in [2.45, 2.75) is 38.5 Å². The second-order valence-electron chi connectivity index (χ2n) is 4.56. The summed E-state index contributed by atoms with van der Waals surface area (Å²) in [6.45, 7) is 1.26. The SMILES string of the molecule is O=C(O)C1(C2CCCC2)CCOCC1. The van der Waals surface area contributed by atoms with Gasteiger partial charge in [-0.1, -0.05) is 12.8 Å². The molecular formula is C11H18O3. The average Bonchev–Trinajstić information content (AvgIpc) is 2.72. The summed E-state index contributed by atoms with van der Waals surface area (Å²) in [4.78, 5) is 11.4. The van der Waals surface area contributed by atoms with Gasteiger partial charge in [0.15, 0.2) is 0 Å². The molecule has 80 valence electrons. The van der Waals surface area contributed by atoms with E-state index in [4.69, 9.17) is 4.74 Å². The lowest BCUT2D eigenvalue weighted by molar-refractivity contribution is -0.160. The molecule has 1 aliphatic carbocycles. The minimum atomic E-state index is -0.590. The first-order valence-corrected chi connectivity index (χ1v) is 5.57. The van der Waals surface area contributed by atoms with E-state index in [0.717, 1.165) is 12.8 Å². The molecule has 2 aliphatic rings. The van der Waals surface area contributed by atoms with Gasteiger partial charge in [0.2, 0.25) is 0 Å². The minimum Gasteiger partial charge on any atom is -0.481 e. The van der Waals surface area contributed by atoms with E-state index in [2.05, 4.69) is 0 Å². The highest BCUT2D eigenvalue weighted by Gasteiger charge is 2.47. The second-order valence-corrected chi connectivity index (χ2v) is 4.56. The lowest BCUT2D eigenvalue weighted by atomic mass is 9.69. The molecule has 1 saturated heterocycles. The molecular weight excluding hydrogens is 180 g/mol. The molecule has 2 fully saturated rings. The number of aliphatic carboxylic acids is 1. The van der Waals surface area contributed by atoms with Gasteiger partial charge in [-0.25, -0.2) is 0 Å². The van der Waals surface area contributed by atoms with E-state index in [1.165, 1.54) is 12.8 Å². The quantitative estimate of drug-likeness (QED) is 0.738. The summed E-state index contributed by atoms with van der Waals surface area (Å²) in [5.74, 6) is -0.184. The summed E-state index contributed by atoms with van der Waals surface area (Å²) < 4.78 is 5.27. The molecule has 3 nitrogen and oxygen atoms in total. The topological polar surface area (TPSA) is 46.5 Å². The van der Waals surface area contributed by atoms with Gasteiger partial charge < -0.3 is 9.84 Å². The summed E-state index contributed by atoms with van der Waals surface area (Å²) in [5.41, 5.74) is -0.450. The standard InChI is InChI=1S/C11H18O3/c12-10(13)11(5-7-14-8-6-11)9-3-1-2-4-9/h9H,1-8H2,(H,12,13). The largest absolute Gasteiger partial charge is 0.481 e. The molecule has 0 aromatic heterocycles. The van der Waals surface area contributed by atoms with Crippen LogP contribution in [0.25, 0.3) is 0 Å². The van der Waals surface area contributed by atoms with E-state index in [1.54, 1.807) is 0 Å². The van der Waals surface area contributed by atoms with Gasteiger partial charge >= 0.3 is 5.97 Å². The Balaban J connectivity index is 2.15. The van der Waals surface area contributed by atoms with Gasteiger partial charge in [-0.3, -0.25) is 4.79 Å². The lowest BCUT2D eigenvalue weighted by Crippen LogP contribution is -2.42. The monoisotopic (exact) mass is 198 g/mol. The van der Waals surface area contributed by atoms with E-state index in [9.17, 15) is 9.90 Å². The lowest BCUT2D eigenvalue weighted by Gasteiger charge is -2.38. The van der Waals surface area contributed by atoms with Crippen molar-refractivity contribution >= 4 is 5.97 Å². The zero-order chi connectivity index (χ0) is 10.0. The van der Waals surface area contributed by atoms with Crippen LogP contribution < -0.4 is 0 Å². The predicted molar refractivity (Wildman–Crippen MR) is 52.1 cm³/mol. The molecule has 0 aromatic carbocycles. The first-order chi connectivity index (χ1) is 6.76. The molecule has 1 N–H and O–H groups in total. The van der Waals surface area contributed by atoms with Crippen LogP contribution in [0.15, 0.2) is 0 Å². The van der Waals surface area contributed by atoms with E-state index in [-0.39, 0.29) is 0 Å². The van der Waals surface area contributed by atoms with Crippen molar-refractivity contribution in [3.63, 3.8) is 0 Å². The number of rotatable bonds is 2. The highest BCUT2D eigenvalue weighted by atomic mass is 16.5. The first kappa shape index (κ1) is 9.97. The zero-order valence-corrected chi connectivity index (χ0v) is 8.50. The fourth-order valence-corrected chi connectivity index (χ4v) is 3.01. The Morgan fingerprint density at radius 3 is 2.29 bits per heavy atom. The smallest absolute Gasteiger partial charge is 0.310 e. The van der Waals surface area contributed by atoms with Crippen molar-refractivity contribution in [3.05, 3.63) is 0 Å². The Kier molecular flexibility index (Phi) is 2.77. The van der Waals surface area contributed by atoms with Crippen LogP contribution in [0.5, 0.6) is 0 Å². The Morgan fingerprint density at radius 2 is 1.79 bits per heavy atom. The first-order valence-electron chi connectivity index (χ1n) is 5.57. The number of ether oxygens (including phenoxy) is 1. The van der Waals surface area contributed by atoms with Gasteiger partial charge in [0.05, 0.1) is 5.41 Å². The molecule has 0 unspecified atom stereocenters. The third-order valence-corrected chi connectivity index (χ3v) is 3.95. The maximum Gasteiger partial charge on any atom is 0.310 e. The number of carboxylic acid groups (broad SMARTS) is 1. The van der Waals surface area contributed by atoms with Crippen LogP contribution in [0.4, 0.5) is 0 Å². The van der Waals surface area contributed by atoms with Crippen molar-refractivity contribution in [1.29, 1.82) is 0 Å². The Hall–Kier alpha value is -0.570. The molecule has 0 atom stereocenters. The molecule has 1 heterocycles. The zero-order valence-electron chi connectivity index (χ0n) is 8.50. The van der Waals surface area contributed by atoms with Crippen molar-refractivity contribution in [2.75, 3.05) is 13.2 Å². The summed E-state index contributed by atoms with van der Waals surface area (Å²) in [6.07, 6.45) is 6.06. The molecule has 0 radical (unpaired) electrons. The highest BCUT2D eigenvalue weighted by molar-refractivity contribution is 5.75. The number of carboxylic acids is 1. The molecule has 0 amide bonds. The van der Waals surface area contributed by atoms with Crippen molar-refractivity contribution in [3.8, 4) is 0 Å². The third kappa shape index (κ3) is 1.54. The number of hydrogen-bond donors (Lipinski definition) is 1. The van der Waals surface area contributed by atoms with Gasteiger partial charge in [0.25, 0.3) is 0 Å². The summed E-state index contributed by atoms with van der Waals surface area (Å²) in [5, 5.41) is 9.39. The Morgan fingerprint density at radius 1 is 1.21 bits per heavy atom. The predicted octanol–water partition coefficient (Wildman–Crippen LogP) is 2.06. The molecule has 1 aliphatic heterocycles. The maximum absolute atomic E-state index is 11.4. The maximum atomic E-state index is 11.4. The molecule has 1 saturated carbocycles. The molecule has 3 heteroatoms. The summed E-state index contributed by atoms with van der Waals surface area (Å²) >= 11 is 0. The van der Waals surface area contributed by atoms with E-state index in [1.807, 2.05) is 0 Å². The van der Waals surface area contributed by atoms with Crippen LogP contribution in [0.3, 0.4) is 0 Å². The normalized spacial score (nSPS) is 27.7. The van der Waals surface area contributed by atoms with Crippen LogP contribution >= 0.6 is 0 Å². The molecule has 0 spiro atoms. The molecule has 0 aromatic rings. The van der Waals surface area contributed by atoms with Crippen LogP contribution in [0.1, 0.15) is 38.5 Å². The van der Waals surface area contributed by atoms with Crippen LogP contribution in [-0.2, 0) is 9.53 Å². The van der Waals surface area contributed by atoms with Gasteiger partial charge in [-0.05, 0) is 31.6 Å². The fourth-order valence-electron chi connectivity index (χ4n) is 3.01. The van der Waals surface area contributed by atoms with Gasteiger partial charge in [0, 0.05) is 13.2 Å². The third-order valence-electron chi connectivity index (χ3n) is 3.95. The van der Waals surface area contributed by atoms with E-state index in [0.29, 0.717) is 32.0 Å². The highest BCUT2D eigenvalue weighted by Crippen LogP contribution is 2.46. The average molecular weight is 198 g/mol. The van der Waals surface area contributed by atoms with Crippen molar-refractivity contribution in [2.24, 2.45) is 11.3 Å². The fraction of sp³-hybridized carbons (Fsp3) is 0.909. The molecule has 0 bridgehead atoms. The van der Waals surface area contributed by atoms with E-state index >= 15 is 0 Å². The molecule has 14 heavy (non-hydrogen) atoms. The summed E-state index contributed by atoms with van der Waals surface area (Å²) in [6, 6.07) is 0. The van der Waals surface area contributed by atoms with E-state index < -0.39 is 11.4 Å². The number of hydrogen-bond acceptors (Lipinski definition) is 2. The summed E-state index contributed by atoms with van der Waals surface area (Å²) in [7, 11) is 0. The van der Waals surface area contributed by atoms with Crippen LogP contribution in [0, 0.1) is 11.3 Å². The Bertz CT molecular complexity index is 213. The van der Waals surface area contributed by atoms with Crippen LogP contribution in [0.2, 0.25) is 0 Å². The second kappa shape index (κ2) is 3.89. The number of carbonyl (C=O) groups is 1. The van der Waals surface area contributed by atoms with Crippen molar-refractivity contribution in [1.82, 2.24) is 0 Å². The van der Waals surface area contributed by atoms with Crippen LogP contribution in [-0.4, -0.2) is 24.3 Å². The van der Waals surface area contributed by atoms with Gasteiger partial charge in [0.1, 0.15) is 0 Å². The van der Waals surface area contributed by atoms with Crippen molar-refractivity contribution < 1.29 is 14.6 Å². The minimum absolute atomic E-state index is 0.406.